The number of rotatable bonds is 6. The normalized spacial score (nSPS) is 16.6. The lowest BCUT2D eigenvalue weighted by atomic mass is 9.91. The fraction of sp³-hybridized carbons (Fsp3) is 0.800. The molecule has 4 N–H and O–H groups in total. The van der Waals surface area contributed by atoms with Crippen molar-refractivity contribution in [1.82, 2.24) is 0 Å². The van der Waals surface area contributed by atoms with Gasteiger partial charge in [0.1, 0.15) is 0 Å². The summed E-state index contributed by atoms with van der Waals surface area (Å²) < 4.78 is 0. The van der Waals surface area contributed by atoms with Crippen LogP contribution in [0.4, 0.5) is 0 Å². The van der Waals surface area contributed by atoms with Gasteiger partial charge in [0.25, 0.3) is 0 Å². The molecule has 0 fully saturated rings. The highest BCUT2D eigenvalue weighted by molar-refractivity contribution is 4.79. The fourth-order valence-corrected chi connectivity index (χ4v) is 1.37. The molecule has 0 saturated carbocycles. The Balaban J connectivity index is 3.66. The van der Waals surface area contributed by atoms with Crippen molar-refractivity contribution in [2.75, 3.05) is 6.54 Å². The molecule has 2 atom stereocenters. The average molecular weight is 170 g/mol. The molecular formula is C10H22N2. The molecule has 0 aromatic rings. The maximum absolute atomic E-state index is 5.56. The molecule has 0 amide bonds. The molecule has 0 heterocycles. The van der Waals surface area contributed by atoms with Gasteiger partial charge < -0.3 is 11.5 Å². The summed E-state index contributed by atoms with van der Waals surface area (Å²) in [4.78, 5) is 0. The van der Waals surface area contributed by atoms with Crippen molar-refractivity contribution in [3.05, 3.63) is 12.3 Å². The standard InChI is InChI=1S/C10H22N2/c1-3-10(5-4-6-11)7-9(2)8-12/h4,6,9-10H,3,5,7-8,11-12H2,1-2H3/b6-4+. The van der Waals surface area contributed by atoms with Crippen LogP contribution in [0, 0.1) is 11.8 Å². The maximum Gasteiger partial charge on any atom is -0.00514 e. The fourth-order valence-electron chi connectivity index (χ4n) is 1.37. The van der Waals surface area contributed by atoms with E-state index in [4.69, 9.17) is 11.5 Å². The monoisotopic (exact) mass is 170 g/mol. The van der Waals surface area contributed by atoms with Crippen molar-refractivity contribution in [2.24, 2.45) is 23.3 Å². The zero-order valence-electron chi connectivity index (χ0n) is 8.29. The van der Waals surface area contributed by atoms with Crippen molar-refractivity contribution in [3.63, 3.8) is 0 Å². The third-order valence-corrected chi connectivity index (χ3v) is 2.32. The number of allylic oxidation sites excluding steroid dienone is 1. The first-order valence-corrected chi connectivity index (χ1v) is 4.81. The van der Waals surface area contributed by atoms with Crippen LogP contribution >= 0.6 is 0 Å². The smallest absolute Gasteiger partial charge is 0.00514 e. The molecule has 0 bridgehead atoms. The quantitative estimate of drug-likeness (QED) is 0.639. The molecule has 0 saturated heterocycles. The van der Waals surface area contributed by atoms with E-state index in [1.807, 2.05) is 6.08 Å². The predicted molar refractivity (Wildman–Crippen MR) is 54.6 cm³/mol. The minimum absolute atomic E-state index is 0.640. The van der Waals surface area contributed by atoms with Crippen LogP contribution in [0.25, 0.3) is 0 Å². The first-order chi connectivity index (χ1) is 5.74. The first kappa shape index (κ1) is 11.5. The molecular weight excluding hydrogens is 148 g/mol. The summed E-state index contributed by atoms with van der Waals surface area (Å²) in [5, 5.41) is 0. The Kier molecular flexibility index (Phi) is 6.87. The number of nitrogens with two attached hydrogens (primary N) is 2. The Morgan fingerprint density at radius 3 is 2.50 bits per heavy atom. The Hall–Kier alpha value is -0.500. The third kappa shape index (κ3) is 5.19. The molecule has 2 unspecified atom stereocenters. The van der Waals surface area contributed by atoms with E-state index < -0.39 is 0 Å². The third-order valence-electron chi connectivity index (χ3n) is 2.32. The second kappa shape index (κ2) is 7.17. The summed E-state index contributed by atoms with van der Waals surface area (Å²) in [6.07, 6.45) is 7.20. The van der Waals surface area contributed by atoms with E-state index in [0.717, 1.165) is 18.9 Å². The summed E-state index contributed by atoms with van der Waals surface area (Å²) in [5.41, 5.74) is 10.9. The average Bonchev–Trinajstić information content (AvgIpc) is 2.11. The van der Waals surface area contributed by atoms with Crippen LogP contribution in [0.15, 0.2) is 12.3 Å². The van der Waals surface area contributed by atoms with Crippen molar-refractivity contribution < 1.29 is 0 Å². The van der Waals surface area contributed by atoms with Gasteiger partial charge in [-0.25, -0.2) is 0 Å². The molecule has 72 valence electrons. The zero-order valence-corrected chi connectivity index (χ0v) is 8.29. The lowest BCUT2D eigenvalue weighted by molar-refractivity contribution is 0.388. The summed E-state index contributed by atoms with van der Waals surface area (Å²) in [6, 6.07) is 0. The predicted octanol–water partition coefficient (Wildman–Crippen LogP) is 1.86. The molecule has 0 aliphatic heterocycles. The molecule has 2 heteroatoms. The maximum atomic E-state index is 5.56. The van der Waals surface area contributed by atoms with Crippen LogP contribution in [0.2, 0.25) is 0 Å². The Labute approximate surface area is 76.0 Å². The Morgan fingerprint density at radius 1 is 1.42 bits per heavy atom. The summed E-state index contributed by atoms with van der Waals surface area (Å²) in [6.45, 7) is 5.22. The van der Waals surface area contributed by atoms with E-state index in [0.29, 0.717) is 5.92 Å². The minimum Gasteiger partial charge on any atom is -0.405 e. The topological polar surface area (TPSA) is 52.0 Å². The molecule has 0 aromatic heterocycles. The molecule has 0 aliphatic rings. The summed E-state index contributed by atoms with van der Waals surface area (Å²) in [5.74, 6) is 1.39. The van der Waals surface area contributed by atoms with E-state index in [1.165, 1.54) is 12.8 Å². The highest BCUT2D eigenvalue weighted by Gasteiger charge is 2.08. The SMILES string of the molecule is CCC(C/C=C/N)CC(C)CN. The van der Waals surface area contributed by atoms with Gasteiger partial charge in [0.05, 0.1) is 0 Å². The molecule has 0 aliphatic carbocycles. The van der Waals surface area contributed by atoms with Gasteiger partial charge in [0.15, 0.2) is 0 Å². The minimum atomic E-state index is 0.640. The molecule has 0 radical (unpaired) electrons. The first-order valence-electron chi connectivity index (χ1n) is 4.81. The van der Waals surface area contributed by atoms with Gasteiger partial charge in [-0.2, -0.15) is 0 Å². The highest BCUT2D eigenvalue weighted by Crippen LogP contribution is 2.18. The van der Waals surface area contributed by atoms with Gasteiger partial charge in [0.2, 0.25) is 0 Å². The van der Waals surface area contributed by atoms with E-state index in [2.05, 4.69) is 13.8 Å². The Morgan fingerprint density at radius 2 is 2.08 bits per heavy atom. The Bertz CT molecular complexity index is 121. The van der Waals surface area contributed by atoms with Crippen LogP contribution in [0.3, 0.4) is 0 Å². The van der Waals surface area contributed by atoms with Gasteiger partial charge in [0, 0.05) is 0 Å². The van der Waals surface area contributed by atoms with Crippen LogP contribution < -0.4 is 11.5 Å². The molecule has 12 heavy (non-hydrogen) atoms. The second-order valence-electron chi connectivity index (χ2n) is 3.51. The van der Waals surface area contributed by atoms with E-state index in [-0.39, 0.29) is 0 Å². The van der Waals surface area contributed by atoms with Crippen molar-refractivity contribution in [1.29, 1.82) is 0 Å². The van der Waals surface area contributed by atoms with Crippen LogP contribution in [-0.2, 0) is 0 Å². The summed E-state index contributed by atoms with van der Waals surface area (Å²) in [7, 11) is 0. The van der Waals surface area contributed by atoms with E-state index in [1.54, 1.807) is 6.20 Å². The van der Waals surface area contributed by atoms with E-state index >= 15 is 0 Å². The van der Waals surface area contributed by atoms with Gasteiger partial charge in [-0.3, -0.25) is 0 Å². The van der Waals surface area contributed by atoms with Crippen LogP contribution in [0.1, 0.15) is 33.1 Å². The highest BCUT2D eigenvalue weighted by atomic mass is 14.5. The van der Waals surface area contributed by atoms with Gasteiger partial charge in [-0.15, -0.1) is 0 Å². The largest absolute Gasteiger partial charge is 0.405 e. The van der Waals surface area contributed by atoms with Gasteiger partial charge in [-0.05, 0) is 37.4 Å². The van der Waals surface area contributed by atoms with Crippen molar-refractivity contribution in [3.8, 4) is 0 Å². The summed E-state index contributed by atoms with van der Waals surface area (Å²) >= 11 is 0. The van der Waals surface area contributed by atoms with Gasteiger partial charge >= 0.3 is 0 Å². The van der Waals surface area contributed by atoms with Crippen LogP contribution in [0.5, 0.6) is 0 Å². The second-order valence-corrected chi connectivity index (χ2v) is 3.51. The lowest BCUT2D eigenvalue weighted by Gasteiger charge is -2.16. The molecule has 0 spiro atoms. The molecule has 2 nitrogen and oxygen atoms in total. The van der Waals surface area contributed by atoms with Crippen LogP contribution in [-0.4, -0.2) is 6.54 Å². The van der Waals surface area contributed by atoms with Gasteiger partial charge in [-0.1, -0.05) is 26.3 Å². The zero-order chi connectivity index (χ0) is 9.40. The van der Waals surface area contributed by atoms with Crippen molar-refractivity contribution in [2.45, 2.75) is 33.1 Å². The van der Waals surface area contributed by atoms with E-state index in [9.17, 15) is 0 Å². The number of hydrogen-bond donors (Lipinski definition) is 2. The molecule has 0 aromatic carbocycles. The lowest BCUT2D eigenvalue weighted by Crippen LogP contribution is -2.14. The molecule has 0 rings (SSSR count). The van der Waals surface area contributed by atoms with Crippen molar-refractivity contribution >= 4 is 0 Å². The number of hydrogen-bond acceptors (Lipinski definition) is 2.